The Labute approximate surface area is 267 Å². The number of fused-ring (bicyclic) bond motifs is 4. The van der Waals surface area contributed by atoms with Gasteiger partial charge in [0.15, 0.2) is 11.6 Å². The predicted molar refractivity (Wildman–Crippen MR) is 170 cm³/mol. The number of amides is 3. The Bertz CT molecular complexity index is 1960. The van der Waals surface area contributed by atoms with Gasteiger partial charge in [-0.3, -0.25) is 19.2 Å². The second-order valence-corrected chi connectivity index (χ2v) is 11.9. The molecule has 0 saturated heterocycles. The van der Waals surface area contributed by atoms with Crippen LogP contribution in [0.1, 0.15) is 37.3 Å². The Hall–Kier alpha value is -5.69. The molecule has 9 N–H and O–H groups in total. The third-order valence-electron chi connectivity index (χ3n) is 9.33. The molecule has 3 aliphatic rings. The van der Waals surface area contributed by atoms with Crippen LogP contribution in [0.5, 0.6) is 5.75 Å². The van der Waals surface area contributed by atoms with Crippen molar-refractivity contribution in [1.82, 2.24) is 0 Å². The summed E-state index contributed by atoms with van der Waals surface area (Å²) in [6.45, 7) is 3.22. The maximum atomic E-state index is 14.1. The topological polar surface area (TPSA) is 231 Å². The molecule has 13 heteroatoms. The molecule has 3 aromatic carbocycles. The lowest BCUT2D eigenvalue weighted by Gasteiger charge is -2.49. The van der Waals surface area contributed by atoms with E-state index in [-0.39, 0.29) is 23.2 Å². The highest BCUT2D eigenvalue weighted by atomic mass is 16.5. The number of carbonyl (C=O) groups is 5. The summed E-state index contributed by atoms with van der Waals surface area (Å²) >= 11 is 0. The first kappa shape index (κ1) is 31.3. The van der Waals surface area contributed by atoms with Crippen molar-refractivity contribution in [3.63, 3.8) is 0 Å². The molecule has 13 nitrogen and oxygen atoms in total. The average Bonchev–Trinajstić information content (AvgIpc) is 3.03. The SMILES string of the molecule is CCC(=O)O[C@@H]1C2C(C(=O)C(C(N)=O)=C(O)[C@H]2N)C(=O)C2=C(O)c3c(ccc(NC(=O)Nc4cccc5ccccc45)c3O)[C@H](C)C21. The summed E-state index contributed by atoms with van der Waals surface area (Å²) in [5, 5.41) is 40.8. The molecule has 0 bridgehead atoms. The fourth-order valence-corrected chi connectivity index (χ4v) is 7.15. The number of ketones is 2. The van der Waals surface area contributed by atoms with E-state index in [1.165, 1.54) is 6.07 Å². The lowest BCUT2D eigenvalue weighted by atomic mass is 9.56. The van der Waals surface area contributed by atoms with Crippen molar-refractivity contribution in [2.24, 2.45) is 29.2 Å². The van der Waals surface area contributed by atoms with Gasteiger partial charge in [0.05, 0.1) is 28.9 Å². The molecule has 3 unspecified atom stereocenters. The number of anilines is 2. The first-order valence-corrected chi connectivity index (χ1v) is 15.0. The number of aromatic hydroxyl groups is 1. The standard InChI is InChI=1S/C34H32N4O9/c1-3-19(39)47-32-20-13(2)15-11-12-18(38-34(46)37-17-10-6-8-14-7-4-5-9-16(14)17)27(40)21(15)28(41)23(20)29(42)24-22(32)26(35)31(44)25(30(24)43)33(36)45/h4-13,20,22,24,26,32,40-41,44H,3,35H2,1-2H3,(H2,36,45)(H2,37,38,46)/t13-,20?,22?,24?,26-,32-/m0/s1. The molecule has 1 saturated carbocycles. The van der Waals surface area contributed by atoms with E-state index in [0.717, 1.165) is 10.8 Å². The van der Waals surface area contributed by atoms with Crippen LogP contribution in [0.25, 0.3) is 16.5 Å². The summed E-state index contributed by atoms with van der Waals surface area (Å²) in [5.74, 6) is -10.9. The van der Waals surface area contributed by atoms with Crippen molar-refractivity contribution in [2.75, 3.05) is 10.6 Å². The Kier molecular flexibility index (Phi) is 7.72. The van der Waals surface area contributed by atoms with Crippen molar-refractivity contribution in [1.29, 1.82) is 0 Å². The quantitative estimate of drug-likeness (QED) is 0.0928. The Morgan fingerprint density at radius 3 is 2.30 bits per heavy atom. The van der Waals surface area contributed by atoms with Gasteiger partial charge in [-0.25, -0.2) is 4.79 Å². The maximum Gasteiger partial charge on any atom is 0.323 e. The summed E-state index contributed by atoms with van der Waals surface area (Å²) in [6.07, 6.45) is -1.37. The smallest absolute Gasteiger partial charge is 0.323 e. The number of nitrogens with one attached hydrogen (secondary N) is 2. The van der Waals surface area contributed by atoms with Crippen molar-refractivity contribution in [2.45, 2.75) is 38.3 Å². The van der Waals surface area contributed by atoms with Crippen LogP contribution in [0, 0.1) is 17.8 Å². The van der Waals surface area contributed by atoms with Crippen LogP contribution in [0.2, 0.25) is 0 Å². The summed E-state index contributed by atoms with van der Waals surface area (Å²) in [7, 11) is 0. The van der Waals surface area contributed by atoms with Gasteiger partial charge in [0.2, 0.25) is 0 Å². The van der Waals surface area contributed by atoms with Gasteiger partial charge in [0.25, 0.3) is 5.91 Å². The highest BCUT2D eigenvalue weighted by Crippen LogP contribution is 2.55. The minimum atomic E-state index is -1.73. The van der Waals surface area contributed by atoms with E-state index < -0.39 is 88.1 Å². The van der Waals surface area contributed by atoms with E-state index in [9.17, 15) is 39.3 Å². The summed E-state index contributed by atoms with van der Waals surface area (Å²) in [6, 6.07) is 13.6. The van der Waals surface area contributed by atoms with Crippen LogP contribution >= 0.6 is 0 Å². The fourth-order valence-electron chi connectivity index (χ4n) is 7.15. The van der Waals surface area contributed by atoms with E-state index in [4.69, 9.17) is 16.2 Å². The molecule has 6 rings (SSSR count). The van der Waals surface area contributed by atoms with Crippen LogP contribution in [0.4, 0.5) is 16.2 Å². The molecule has 3 aromatic rings. The molecule has 0 spiro atoms. The molecule has 3 aliphatic carbocycles. The molecule has 47 heavy (non-hydrogen) atoms. The number of carbonyl (C=O) groups excluding carboxylic acids is 5. The largest absolute Gasteiger partial charge is 0.510 e. The number of primary amides is 1. The third-order valence-corrected chi connectivity index (χ3v) is 9.33. The Morgan fingerprint density at radius 2 is 1.60 bits per heavy atom. The Morgan fingerprint density at radius 1 is 0.915 bits per heavy atom. The number of esters is 1. The lowest BCUT2D eigenvalue weighted by molar-refractivity contribution is -0.164. The highest BCUT2D eigenvalue weighted by molar-refractivity contribution is 6.28. The minimum absolute atomic E-state index is 0.0707. The maximum absolute atomic E-state index is 14.1. The van der Waals surface area contributed by atoms with Gasteiger partial charge in [-0.15, -0.1) is 0 Å². The van der Waals surface area contributed by atoms with Crippen LogP contribution in [-0.2, 0) is 23.9 Å². The van der Waals surface area contributed by atoms with Crippen molar-refractivity contribution in [3.8, 4) is 5.75 Å². The van der Waals surface area contributed by atoms with Crippen molar-refractivity contribution in [3.05, 3.63) is 82.6 Å². The van der Waals surface area contributed by atoms with Gasteiger partial charge in [-0.1, -0.05) is 56.3 Å². The number of hydrogen-bond donors (Lipinski definition) is 7. The number of aliphatic hydroxyl groups is 2. The predicted octanol–water partition coefficient (Wildman–Crippen LogP) is 3.54. The number of rotatable bonds is 5. The number of ether oxygens (including phenoxy) is 1. The van der Waals surface area contributed by atoms with E-state index in [0.29, 0.717) is 11.3 Å². The summed E-state index contributed by atoms with van der Waals surface area (Å²) < 4.78 is 5.77. The second kappa shape index (κ2) is 11.6. The molecule has 0 heterocycles. The van der Waals surface area contributed by atoms with Crippen molar-refractivity contribution >= 4 is 57.4 Å². The molecule has 0 radical (unpaired) electrons. The van der Waals surface area contributed by atoms with Gasteiger partial charge >= 0.3 is 12.0 Å². The van der Waals surface area contributed by atoms with Gasteiger partial charge in [0, 0.05) is 29.2 Å². The molecular formula is C34H32N4O9. The number of urea groups is 1. The van der Waals surface area contributed by atoms with E-state index in [1.807, 2.05) is 30.3 Å². The van der Waals surface area contributed by atoms with Crippen LogP contribution in [0.3, 0.4) is 0 Å². The van der Waals surface area contributed by atoms with Crippen molar-refractivity contribution < 1.29 is 44.0 Å². The molecule has 3 amide bonds. The van der Waals surface area contributed by atoms with Crippen LogP contribution in [-0.4, -0.2) is 56.9 Å². The number of nitrogens with two attached hydrogens (primary N) is 2. The summed E-state index contributed by atoms with van der Waals surface area (Å²) in [5.41, 5.74) is 11.1. The average molecular weight is 641 g/mol. The number of aliphatic hydroxyl groups excluding tert-OH is 2. The van der Waals surface area contributed by atoms with Gasteiger partial charge in [0.1, 0.15) is 28.9 Å². The monoisotopic (exact) mass is 640 g/mol. The number of hydrogen-bond acceptors (Lipinski definition) is 10. The zero-order valence-corrected chi connectivity index (χ0v) is 25.3. The number of benzene rings is 3. The van der Waals surface area contributed by atoms with Crippen LogP contribution in [0.15, 0.2) is 71.5 Å². The first-order valence-electron chi connectivity index (χ1n) is 15.0. The molecule has 0 aliphatic heterocycles. The van der Waals surface area contributed by atoms with E-state index in [1.54, 1.807) is 32.0 Å². The van der Waals surface area contributed by atoms with E-state index >= 15 is 0 Å². The Balaban J connectivity index is 1.42. The first-order chi connectivity index (χ1) is 22.4. The number of phenols is 1. The third kappa shape index (κ3) is 4.86. The molecule has 1 fully saturated rings. The lowest BCUT2D eigenvalue weighted by Crippen LogP contribution is -2.61. The summed E-state index contributed by atoms with van der Waals surface area (Å²) in [4.78, 5) is 65.5. The van der Waals surface area contributed by atoms with E-state index in [2.05, 4.69) is 10.6 Å². The molecule has 6 atom stereocenters. The normalized spacial score (nSPS) is 25.1. The molecule has 0 aromatic heterocycles. The fraction of sp³-hybridized carbons (Fsp3) is 0.265. The zero-order valence-electron chi connectivity index (χ0n) is 25.3. The van der Waals surface area contributed by atoms with Gasteiger partial charge in [-0.05, 0) is 29.0 Å². The highest BCUT2D eigenvalue weighted by Gasteiger charge is 2.61. The van der Waals surface area contributed by atoms with Crippen LogP contribution < -0.4 is 22.1 Å². The second-order valence-electron chi connectivity index (χ2n) is 11.9. The van der Waals surface area contributed by atoms with Gasteiger partial charge in [-0.2, -0.15) is 0 Å². The number of Topliss-reactive ketones (excluding diaryl/α,β-unsaturated/α-hetero) is 2. The zero-order chi connectivity index (χ0) is 33.9. The molecule has 242 valence electrons. The minimum Gasteiger partial charge on any atom is -0.510 e. The number of phenolic OH excluding ortho intramolecular Hbond substituents is 1. The molecular weight excluding hydrogens is 608 g/mol. The van der Waals surface area contributed by atoms with Gasteiger partial charge < -0.3 is 42.2 Å².